The van der Waals surface area contributed by atoms with E-state index in [0.29, 0.717) is 54.7 Å². The van der Waals surface area contributed by atoms with Crippen molar-refractivity contribution in [2.45, 2.75) is 19.6 Å². The summed E-state index contributed by atoms with van der Waals surface area (Å²) < 4.78 is 7.86. The molecule has 0 aliphatic rings. The van der Waals surface area contributed by atoms with Gasteiger partial charge in [-0.2, -0.15) is 15.0 Å². The van der Waals surface area contributed by atoms with Crippen LogP contribution in [0.25, 0.3) is 11.2 Å². The average molecular weight is 662 g/mol. The lowest BCUT2D eigenvalue weighted by Gasteiger charge is -2.22. The number of hydrogen-bond donors (Lipinski definition) is 1. The number of amides is 2. The van der Waals surface area contributed by atoms with E-state index in [1.807, 2.05) is 59.2 Å². The Morgan fingerprint density at radius 1 is 0.932 bits per heavy atom. The number of nitroso groups, excluding NO2 is 1. The second-order valence-corrected chi connectivity index (χ2v) is 10.4. The highest BCUT2D eigenvalue weighted by atomic mass is 35.5. The molecule has 2 amide bonds. The van der Waals surface area contributed by atoms with E-state index >= 15 is 0 Å². The second-order valence-electron chi connectivity index (χ2n) is 9.27. The van der Waals surface area contributed by atoms with E-state index in [0.717, 1.165) is 16.3 Å². The molecular formula is C28H31Cl3N10O3. The minimum absolute atomic E-state index is 0.0215. The lowest BCUT2D eigenvalue weighted by molar-refractivity contribution is 0.202. The van der Waals surface area contributed by atoms with Gasteiger partial charge in [0.05, 0.1) is 23.8 Å². The Morgan fingerprint density at radius 2 is 1.66 bits per heavy atom. The number of nitrogens with zero attached hydrogens (tertiary/aromatic N) is 9. The van der Waals surface area contributed by atoms with Gasteiger partial charge in [0.25, 0.3) is 5.95 Å². The Hall–Kier alpha value is -4.07. The SMILES string of the molecule is O=NN(CCCl)C(=O)NCCCn1cnc2c(OCc3ccccc3)nc(N=Nc3ccc(N(CCCl)CCCl)cc3)nc21. The normalized spacial score (nSPS) is 11.2. The van der Waals surface area contributed by atoms with Gasteiger partial charge in [0.2, 0.25) is 5.88 Å². The van der Waals surface area contributed by atoms with Gasteiger partial charge in [-0.3, -0.25) is 0 Å². The highest BCUT2D eigenvalue weighted by molar-refractivity contribution is 6.18. The van der Waals surface area contributed by atoms with E-state index in [1.54, 1.807) is 6.33 Å². The molecule has 2 aromatic heterocycles. The van der Waals surface area contributed by atoms with Crippen LogP contribution < -0.4 is 15.0 Å². The number of alkyl halides is 3. The first-order chi connectivity index (χ1) is 21.6. The number of urea groups is 1. The molecular weight excluding hydrogens is 631 g/mol. The van der Waals surface area contributed by atoms with Crippen LogP contribution in [0.15, 0.2) is 76.4 Å². The molecule has 0 bridgehead atoms. The summed E-state index contributed by atoms with van der Waals surface area (Å²) in [7, 11) is 0. The number of carbonyl (C=O) groups excluding carboxylic acids is 1. The number of ether oxygens (including phenoxy) is 1. The van der Waals surface area contributed by atoms with Gasteiger partial charge < -0.3 is 19.5 Å². The zero-order chi connectivity index (χ0) is 31.1. The second kappa shape index (κ2) is 17.3. The summed E-state index contributed by atoms with van der Waals surface area (Å²) in [5.74, 6) is 1.44. The van der Waals surface area contributed by atoms with Gasteiger partial charge in [-0.1, -0.05) is 30.3 Å². The summed E-state index contributed by atoms with van der Waals surface area (Å²) in [4.78, 5) is 38.6. The number of rotatable bonds is 17. The fraction of sp³-hybridized carbons (Fsp3) is 0.357. The predicted octanol–water partition coefficient (Wildman–Crippen LogP) is 6.43. The molecule has 1 N–H and O–H groups in total. The van der Waals surface area contributed by atoms with Gasteiger partial charge in [-0.25, -0.2) is 9.78 Å². The van der Waals surface area contributed by atoms with Crippen LogP contribution >= 0.6 is 34.8 Å². The molecule has 16 heteroatoms. The van der Waals surface area contributed by atoms with Gasteiger partial charge in [0.15, 0.2) is 11.2 Å². The summed E-state index contributed by atoms with van der Waals surface area (Å²) in [6.07, 6.45) is 2.14. The third kappa shape index (κ3) is 9.21. The van der Waals surface area contributed by atoms with E-state index < -0.39 is 6.03 Å². The number of aryl methyl sites for hydroxylation is 1. The fourth-order valence-electron chi connectivity index (χ4n) is 4.14. The zero-order valence-electron chi connectivity index (χ0n) is 23.7. The third-order valence-corrected chi connectivity index (χ3v) is 6.81. The molecule has 4 aromatic rings. The Kier molecular flexibility index (Phi) is 12.9. The summed E-state index contributed by atoms with van der Waals surface area (Å²) in [5.41, 5.74) is 3.51. The summed E-state index contributed by atoms with van der Waals surface area (Å²) in [5, 5.41) is 14.7. The van der Waals surface area contributed by atoms with Crippen molar-refractivity contribution in [3.63, 3.8) is 0 Å². The lowest BCUT2D eigenvalue weighted by atomic mass is 10.2. The van der Waals surface area contributed by atoms with Crippen molar-refractivity contribution in [2.24, 2.45) is 15.5 Å². The first kappa shape index (κ1) is 32.8. The lowest BCUT2D eigenvalue weighted by Crippen LogP contribution is -2.38. The van der Waals surface area contributed by atoms with Crippen LogP contribution in [0.3, 0.4) is 0 Å². The van der Waals surface area contributed by atoms with Crippen molar-refractivity contribution >= 4 is 69.3 Å². The summed E-state index contributed by atoms with van der Waals surface area (Å²) in [6, 6.07) is 16.6. The molecule has 4 rings (SSSR count). The Labute approximate surface area is 269 Å². The van der Waals surface area contributed by atoms with E-state index in [1.165, 1.54) is 0 Å². The molecule has 0 radical (unpaired) electrons. The Balaban J connectivity index is 1.52. The van der Waals surface area contributed by atoms with Crippen LogP contribution in [0, 0.1) is 4.91 Å². The number of imidazole rings is 1. The van der Waals surface area contributed by atoms with Gasteiger partial charge in [0, 0.05) is 49.5 Å². The molecule has 0 atom stereocenters. The average Bonchev–Trinajstić information content (AvgIpc) is 3.47. The van der Waals surface area contributed by atoms with E-state index in [2.05, 4.69) is 40.7 Å². The number of fused-ring (bicyclic) bond motifs is 1. The maximum atomic E-state index is 12.1. The molecule has 2 heterocycles. The number of carbonyl (C=O) groups is 1. The quantitative estimate of drug-likeness (QED) is 0.0452. The molecule has 0 aliphatic heterocycles. The maximum absolute atomic E-state index is 12.1. The fourth-order valence-corrected chi connectivity index (χ4v) is 4.71. The highest BCUT2D eigenvalue weighted by Crippen LogP contribution is 2.27. The molecule has 0 fully saturated rings. The molecule has 0 unspecified atom stereocenters. The minimum Gasteiger partial charge on any atom is -0.471 e. The van der Waals surface area contributed by atoms with Crippen molar-refractivity contribution in [3.8, 4) is 5.88 Å². The number of halogens is 3. The molecule has 0 saturated heterocycles. The largest absolute Gasteiger partial charge is 0.471 e. The first-order valence-corrected chi connectivity index (χ1v) is 15.4. The minimum atomic E-state index is -0.614. The van der Waals surface area contributed by atoms with Crippen molar-refractivity contribution in [1.82, 2.24) is 29.8 Å². The standard InChI is InChI=1S/C28H31Cl3N10O3/c29-11-16-39(17-12-30)23-9-7-22(8-10-23)36-37-27-34-25-24(26(35-27)44-19-21-5-2-1-3-6-21)33-20-40(25)15-4-14-32-28(42)41(38-43)18-13-31/h1-3,5-10,20H,4,11-19H2,(H,32,42). The van der Waals surface area contributed by atoms with E-state index in [-0.39, 0.29) is 37.4 Å². The highest BCUT2D eigenvalue weighted by Gasteiger charge is 2.16. The van der Waals surface area contributed by atoms with Crippen LogP contribution in [0.5, 0.6) is 5.88 Å². The van der Waals surface area contributed by atoms with Crippen molar-refractivity contribution in [3.05, 3.63) is 71.4 Å². The van der Waals surface area contributed by atoms with Gasteiger partial charge in [-0.05, 0) is 36.2 Å². The number of aromatic nitrogens is 4. The van der Waals surface area contributed by atoms with Gasteiger partial charge >= 0.3 is 6.03 Å². The van der Waals surface area contributed by atoms with Crippen molar-refractivity contribution in [1.29, 1.82) is 0 Å². The summed E-state index contributed by atoms with van der Waals surface area (Å²) in [6.45, 7) is 2.39. The Bertz CT molecular complexity index is 1520. The molecule has 0 spiro atoms. The van der Waals surface area contributed by atoms with Gasteiger partial charge in [-0.15, -0.1) is 49.9 Å². The molecule has 13 nitrogen and oxygen atoms in total. The molecule has 44 heavy (non-hydrogen) atoms. The van der Waals surface area contributed by atoms with Crippen LogP contribution in [-0.4, -0.2) is 74.4 Å². The van der Waals surface area contributed by atoms with E-state index in [4.69, 9.17) is 39.5 Å². The summed E-state index contributed by atoms with van der Waals surface area (Å²) >= 11 is 17.5. The molecule has 232 valence electrons. The van der Waals surface area contributed by atoms with Crippen molar-refractivity contribution in [2.75, 3.05) is 48.7 Å². The van der Waals surface area contributed by atoms with Crippen LogP contribution in [0.4, 0.5) is 22.1 Å². The molecule has 2 aromatic carbocycles. The number of nitrogens with one attached hydrogen (secondary N) is 1. The van der Waals surface area contributed by atoms with Crippen LogP contribution in [0.2, 0.25) is 0 Å². The molecule has 0 saturated carbocycles. The van der Waals surface area contributed by atoms with Crippen LogP contribution in [0.1, 0.15) is 12.0 Å². The first-order valence-electron chi connectivity index (χ1n) is 13.8. The van der Waals surface area contributed by atoms with Crippen molar-refractivity contribution < 1.29 is 9.53 Å². The number of anilines is 1. The maximum Gasteiger partial charge on any atom is 0.340 e. The number of azo groups is 1. The van der Waals surface area contributed by atoms with E-state index in [9.17, 15) is 9.70 Å². The van der Waals surface area contributed by atoms with Crippen LogP contribution in [-0.2, 0) is 13.2 Å². The van der Waals surface area contributed by atoms with Gasteiger partial charge in [0.1, 0.15) is 6.61 Å². The number of hydrogen-bond acceptors (Lipinski definition) is 10. The number of benzene rings is 2. The topological polar surface area (TPSA) is 143 Å². The molecule has 0 aliphatic carbocycles. The third-order valence-electron chi connectivity index (χ3n) is 6.30. The zero-order valence-corrected chi connectivity index (χ0v) is 26.0. The predicted molar refractivity (Wildman–Crippen MR) is 172 cm³/mol. The smallest absolute Gasteiger partial charge is 0.340 e. The monoisotopic (exact) mass is 660 g/mol. The Morgan fingerprint density at radius 3 is 2.34 bits per heavy atom.